The lowest BCUT2D eigenvalue weighted by Crippen LogP contribution is -2.57. The second-order valence-electron chi connectivity index (χ2n) is 8.62. The molecule has 0 aliphatic carbocycles. The fourth-order valence-corrected chi connectivity index (χ4v) is 4.50. The minimum absolute atomic E-state index is 0.0510. The van der Waals surface area contributed by atoms with Crippen LogP contribution in [0, 0.1) is 0 Å². The van der Waals surface area contributed by atoms with Crippen molar-refractivity contribution in [1.29, 1.82) is 0 Å². The molecule has 2 aliphatic heterocycles. The predicted octanol–water partition coefficient (Wildman–Crippen LogP) is 2.45. The fraction of sp³-hybridized carbons (Fsp3) is 0.400. The standard InChI is InChI=1S/C25H30N4O3/c1-27(2)24(31)19-11-12-20-22(16-19)29(25(32)21-10-6-7-15-28(20)21)17-23(30)26-14-13-18-8-4-3-5-9-18/h3-5,8-9,11-12,16,21H,6-7,10,13-15,17H2,1-2H3,(H,26,30)/t21-/m0/s1. The van der Waals surface area contributed by atoms with Crippen molar-refractivity contribution in [2.45, 2.75) is 31.7 Å². The Labute approximate surface area is 189 Å². The maximum Gasteiger partial charge on any atom is 0.253 e. The van der Waals surface area contributed by atoms with E-state index in [0.717, 1.165) is 43.5 Å². The minimum Gasteiger partial charge on any atom is -0.358 e. The Hall–Kier alpha value is -3.35. The zero-order valence-electron chi connectivity index (χ0n) is 18.7. The summed E-state index contributed by atoms with van der Waals surface area (Å²) >= 11 is 0. The second kappa shape index (κ2) is 9.42. The van der Waals surface area contributed by atoms with Gasteiger partial charge in [0.2, 0.25) is 11.8 Å². The SMILES string of the molecule is CN(C)C(=O)c1ccc2c(c1)N(CC(=O)NCCc1ccccc1)C(=O)[C@@H]1CCCCN21. The predicted molar refractivity (Wildman–Crippen MR) is 125 cm³/mol. The number of benzene rings is 2. The van der Waals surface area contributed by atoms with E-state index in [4.69, 9.17) is 0 Å². The monoisotopic (exact) mass is 434 g/mol. The van der Waals surface area contributed by atoms with Crippen molar-refractivity contribution in [2.24, 2.45) is 0 Å². The lowest BCUT2D eigenvalue weighted by molar-refractivity contribution is -0.124. The number of hydrogen-bond acceptors (Lipinski definition) is 4. The number of piperidine rings is 1. The molecule has 0 bridgehead atoms. The van der Waals surface area contributed by atoms with Crippen LogP contribution in [0.5, 0.6) is 0 Å². The smallest absolute Gasteiger partial charge is 0.253 e. The number of hydrogen-bond donors (Lipinski definition) is 1. The summed E-state index contributed by atoms with van der Waals surface area (Å²) in [6.07, 6.45) is 3.54. The van der Waals surface area contributed by atoms with Crippen LogP contribution in [0.1, 0.15) is 35.2 Å². The van der Waals surface area contributed by atoms with E-state index in [0.29, 0.717) is 17.8 Å². The van der Waals surface area contributed by atoms with Gasteiger partial charge in [0, 0.05) is 32.7 Å². The molecule has 32 heavy (non-hydrogen) atoms. The maximum absolute atomic E-state index is 13.4. The Kier molecular flexibility index (Phi) is 6.44. The van der Waals surface area contributed by atoms with E-state index in [1.165, 1.54) is 4.90 Å². The Morgan fingerprint density at radius 2 is 1.84 bits per heavy atom. The van der Waals surface area contributed by atoms with Gasteiger partial charge in [-0.3, -0.25) is 19.3 Å². The first-order chi connectivity index (χ1) is 15.5. The molecule has 0 aromatic heterocycles. The normalized spacial score (nSPS) is 17.4. The second-order valence-corrected chi connectivity index (χ2v) is 8.62. The average Bonchev–Trinajstić information content (AvgIpc) is 2.81. The summed E-state index contributed by atoms with van der Waals surface area (Å²) in [6, 6.07) is 15.2. The van der Waals surface area contributed by atoms with Crippen molar-refractivity contribution in [1.82, 2.24) is 10.2 Å². The Balaban J connectivity index is 1.54. The molecule has 7 nitrogen and oxygen atoms in total. The van der Waals surface area contributed by atoms with Crippen molar-refractivity contribution in [3.63, 3.8) is 0 Å². The summed E-state index contributed by atoms with van der Waals surface area (Å²) in [4.78, 5) is 43.9. The van der Waals surface area contributed by atoms with Gasteiger partial charge in [0.15, 0.2) is 0 Å². The van der Waals surface area contributed by atoms with Gasteiger partial charge in [-0.15, -0.1) is 0 Å². The van der Waals surface area contributed by atoms with E-state index in [-0.39, 0.29) is 30.3 Å². The fourth-order valence-electron chi connectivity index (χ4n) is 4.50. The molecular weight excluding hydrogens is 404 g/mol. The van der Waals surface area contributed by atoms with Crippen molar-refractivity contribution >= 4 is 29.1 Å². The molecule has 2 heterocycles. The topological polar surface area (TPSA) is 73.0 Å². The Morgan fingerprint density at radius 3 is 2.59 bits per heavy atom. The molecular formula is C25H30N4O3. The third kappa shape index (κ3) is 4.47. The summed E-state index contributed by atoms with van der Waals surface area (Å²) in [6.45, 7) is 1.26. The molecule has 0 saturated carbocycles. The van der Waals surface area contributed by atoms with Crippen molar-refractivity contribution in [3.8, 4) is 0 Å². The highest BCUT2D eigenvalue weighted by atomic mass is 16.2. The highest BCUT2D eigenvalue weighted by Gasteiger charge is 2.40. The molecule has 2 aliphatic rings. The van der Waals surface area contributed by atoms with Crippen LogP contribution in [0.4, 0.5) is 11.4 Å². The van der Waals surface area contributed by atoms with Crippen LogP contribution in [0.2, 0.25) is 0 Å². The molecule has 0 unspecified atom stereocenters. The summed E-state index contributed by atoms with van der Waals surface area (Å²) in [7, 11) is 3.40. The molecule has 2 aromatic carbocycles. The number of nitrogens with zero attached hydrogens (tertiary/aromatic N) is 3. The molecule has 1 atom stereocenters. The third-order valence-corrected chi connectivity index (χ3v) is 6.16. The highest BCUT2D eigenvalue weighted by Crippen LogP contribution is 2.40. The Morgan fingerprint density at radius 1 is 1.06 bits per heavy atom. The molecule has 0 radical (unpaired) electrons. The molecule has 4 rings (SSSR count). The van der Waals surface area contributed by atoms with Gasteiger partial charge in [-0.05, 0) is 49.4 Å². The van der Waals surface area contributed by atoms with Crippen LogP contribution in [0.3, 0.4) is 0 Å². The zero-order chi connectivity index (χ0) is 22.7. The van der Waals surface area contributed by atoms with E-state index in [1.54, 1.807) is 31.1 Å². The average molecular weight is 435 g/mol. The van der Waals surface area contributed by atoms with Crippen LogP contribution in [-0.4, -0.2) is 62.4 Å². The van der Waals surface area contributed by atoms with Gasteiger partial charge in [-0.2, -0.15) is 0 Å². The molecule has 1 N–H and O–H groups in total. The molecule has 7 heteroatoms. The Bertz CT molecular complexity index is 1010. The van der Waals surface area contributed by atoms with Gasteiger partial charge in [0.05, 0.1) is 11.4 Å². The molecule has 168 valence electrons. The molecule has 0 spiro atoms. The molecule has 1 fully saturated rings. The number of fused-ring (bicyclic) bond motifs is 3. The minimum atomic E-state index is -0.247. The lowest BCUT2D eigenvalue weighted by Gasteiger charge is -2.45. The first-order valence-electron chi connectivity index (χ1n) is 11.2. The van der Waals surface area contributed by atoms with Crippen molar-refractivity contribution in [3.05, 3.63) is 59.7 Å². The van der Waals surface area contributed by atoms with Crippen molar-refractivity contribution in [2.75, 3.05) is 43.5 Å². The quantitative estimate of drug-likeness (QED) is 0.758. The lowest BCUT2D eigenvalue weighted by atomic mass is 9.95. The summed E-state index contributed by atoms with van der Waals surface area (Å²) in [5, 5.41) is 2.94. The molecule has 1 saturated heterocycles. The largest absolute Gasteiger partial charge is 0.358 e. The highest BCUT2D eigenvalue weighted by molar-refractivity contribution is 6.09. The number of anilines is 2. The van der Waals surface area contributed by atoms with E-state index in [9.17, 15) is 14.4 Å². The first-order valence-corrected chi connectivity index (χ1v) is 11.2. The van der Waals surface area contributed by atoms with Gasteiger partial charge in [-0.25, -0.2) is 0 Å². The number of rotatable bonds is 6. The van der Waals surface area contributed by atoms with E-state index in [1.807, 2.05) is 36.4 Å². The van der Waals surface area contributed by atoms with Gasteiger partial charge in [-0.1, -0.05) is 30.3 Å². The van der Waals surface area contributed by atoms with Crippen LogP contribution in [0.15, 0.2) is 48.5 Å². The summed E-state index contributed by atoms with van der Waals surface area (Å²) < 4.78 is 0. The number of carbonyl (C=O) groups excluding carboxylic acids is 3. The van der Waals surface area contributed by atoms with E-state index < -0.39 is 0 Å². The zero-order valence-corrected chi connectivity index (χ0v) is 18.7. The van der Waals surface area contributed by atoms with Gasteiger partial charge >= 0.3 is 0 Å². The van der Waals surface area contributed by atoms with Gasteiger partial charge < -0.3 is 15.1 Å². The summed E-state index contributed by atoms with van der Waals surface area (Å²) in [5.74, 6) is -0.396. The van der Waals surface area contributed by atoms with Gasteiger partial charge in [0.25, 0.3) is 5.91 Å². The molecule has 2 aromatic rings. The maximum atomic E-state index is 13.4. The van der Waals surface area contributed by atoms with Crippen molar-refractivity contribution < 1.29 is 14.4 Å². The van der Waals surface area contributed by atoms with Crippen LogP contribution in [0.25, 0.3) is 0 Å². The van der Waals surface area contributed by atoms with E-state index in [2.05, 4.69) is 10.2 Å². The number of carbonyl (C=O) groups is 3. The van der Waals surface area contributed by atoms with Gasteiger partial charge in [0.1, 0.15) is 12.6 Å². The number of nitrogens with one attached hydrogen (secondary N) is 1. The number of amides is 3. The van der Waals surface area contributed by atoms with Crippen LogP contribution < -0.4 is 15.1 Å². The van der Waals surface area contributed by atoms with Crippen LogP contribution in [-0.2, 0) is 16.0 Å². The first kappa shape index (κ1) is 21.9. The third-order valence-electron chi connectivity index (χ3n) is 6.16. The molecule has 3 amide bonds. The van der Waals surface area contributed by atoms with Crippen LogP contribution >= 0.6 is 0 Å². The summed E-state index contributed by atoms with van der Waals surface area (Å²) in [5.41, 5.74) is 3.21. The van der Waals surface area contributed by atoms with E-state index >= 15 is 0 Å².